The summed E-state index contributed by atoms with van der Waals surface area (Å²) < 4.78 is 24.2. The summed E-state index contributed by atoms with van der Waals surface area (Å²) in [6.07, 6.45) is 3.90. The zero-order chi connectivity index (χ0) is 48.6. The zero-order valence-electron chi connectivity index (χ0n) is 40.1. The van der Waals surface area contributed by atoms with Crippen molar-refractivity contribution >= 4 is 41.5 Å². The smallest absolute Gasteiger partial charge is 0.542 e. The minimum Gasteiger partial charge on any atom is -0.542 e. The molecule has 69 heavy (non-hydrogen) atoms. The Labute approximate surface area is 430 Å². The van der Waals surface area contributed by atoms with Gasteiger partial charge in [0.25, 0.3) is 0 Å². The van der Waals surface area contributed by atoms with Crippen molar-refractivity contribution in [1.29, 1.82) is 0 Å². The van der Waals surface area contributed by atoms with Crippen molar-refractivity contribution in [2.24, 2.45) is 5.41 Å². The Hall–Kier alpha value is -5.74. The Morgan fingerprint density at radius 1 is 0.986 bits per heavy atom. The average molecular weight is 963 g/mol. The van der Waals surface area contributed by atoms with Gasteiger partial charge in [-0.1, -0.05) is 106 Å². The average Bonchev–Trinajstić information content (AvgIpc) is 3.88. The van der Waals surface area contributed by atoms with Crippen molar-refractivity contribution in [2.45, 2.75) is 72.2 Å². The van der Waals surface area contributed by atoms with Gasteiger partial charge in [0.15, 0.2) is 0 Å². The van der Waals surface area contributed by atoms with E-state index in [1.165, 1.54) is 15.3 Å². The molecule has 0 aliphatic carbocycles. The van der Waals surface area contributed by atoms with Gasteiger partial charge in [0.2, 0.25) is 12.3 Å². The molecule has 2 unspecified atom stereocenters. The molecular formula is C54H58FN5NaO7S-. The van der Waals surface area contributed by atoms with Crippen LogP contribution in [-0.4, -0.2) is 90.2 Å². The maximum Gasteiger partial charge on any atom is 1.00 e. The molecule has 4 heterocycles. The summed E-state index contributed by atoms with van der Waals surface area (Å²) in [5.41, 5.74) is 13.2. The van der Waals surface area contributed by atoms with Crippen LogP contribution in [0.2, 0.25) is 0 Å². The second kappa shape index (κ2) is 26.3. The minimum atomic E-state index is -1.30. The Kier molecular flexibility index (Phi) is 20.7. The number of nitrogens with one attached hydrogen (secondary N) is 2. The predicted molar refractivity (Wildman–Crippen MR) is 265 cm³/mol. The van der Waals surface area contributed by atoms with Crippen molar-refractivity contribution in [3.8, 4) is 49.8 Å². The molecule has 356 valence electrons. The molecule has 15 heteroatoms. The number of rotatable bonds is 15. The number of likely N-dealkylation sites (tertiary alicyclic amines) is 1. The first-order valence-electron chi connectivity index (χ1n) is 22.5. The third-order valence-electron chi connectivity index (χ3n) is 11.1. The fourth-order valence-electron chi connectivity index (χ4n) is 7.74. The number of aliphatic hydroxyl groups is 1. The summed E-state index contributed by atoms with van der Waals surface area (Å²) in [5, 5.41) is 14.8. The van der Waals surface area contributed by atoms with Crippen LogP contribution in [-0.2, 0) is 43.3 Å². The second-order valence-corrected chi connectivity index (χ2v) is 18.3. The molecule has 2 aromatic heterocycles. The largest absolute Gasteiger partial charge is 1.00 e. The molecule has 6 aromatic rings. The van der Waals surface area contributed by atoms with E-state index in [1.54, 1.807) is 24.9 Å². The third-order valence-corrected chi connectivity index (χ3v) is 12.1. The van der Waals surface area contributed by atoms with Gasteiger partial charge in [0.05, 0.1) is 59.1 Å². The van der Waals surface area contributed by atoms with Crippen LogP contribution < -0.4 is 44.9 Å². The number of aromatic nitrogens is 2. The SMILES string of the molecule is CC(C)(C)[CH-]C(=O)N1CC(O)C(F)C1.COc1cc(-c2cc(-c3ccccc3)nc3c2CC(=O)Nc2ccccc2-3)ccc1CCCOCC[C-]=O.Cc1ncsc1-c1ccc(CNC=O)cc1.[Na+]. The first kappa shape index (κ1) is 54.2. The van der Waals surface area contributed by atoms with Gasteiger partial charge in [0.1, 0.15) is 18.0 Å². The second-order valence-electron chi connectivity index (χ2n) is 17.5. The van der Waals surface area contributed by atoms with Crippen molar-refractivity contribution < 1.29 is 67.7 Å². The normalized spacial score (nSPS) is 14.7. The van der Waals surface area contributed by atoms with Crippen LogP contribution in [0.3, 0.4) is 0 Å². The summed E-state index contributed by atoms with van der Waals surface area (Å²) in [6, 6.07) is 34.3. The van der Waals surface area contributed by atoms with Crippen molar-refractivity contribution in [1.82, 2.24) is 20.2 Å². The molecule has 0 spiro atoms. The van der Waals surface area contributed by atoms with E-state index in [9.17, 15) is 23.6 Å². The van der Waals surface area contributed by atoms with Gasteiger partial charge in [-0.2, -0.15) is 0 Å². The van der Waals surface area contributed by atoms with Crippen molar-refractivity contribution in [3.63, 3.8) is 0 Å². The van der Waals surface area contributed by atoms with Crippen LogP contribution in [0, 0.1) is 18.8 Å². The molecule has 2 atom stereocenters. The van der Waals surface area contributed by atoms with Crippen LogP contribution in [0.5, 0.6) is 5.75 Å². The number of methoxy groups -OCH3 is 1. The number of benzene rings is 4. The molecule has 2 aliphatic heterocycles. The number of anilines is 1. The number of ether oxygens (including phenoxy) is 2. The monoisotopic (exact) mass is 962 g/mol. The molecule has 4 aromatic carbocycles. The van der Waals surface area contributed by atoms with Gasteiger partial charge in [-0.15, -0.1) is 23.2 Å². The molecule has 2 aliphatic rings. The van der Waals surface area contributed by atoms with Crippen LogP contribution in [0.25, 0.3) is 44.1 Å². The third kappa shape index (κ3) is 15.4. The quantitative estimate of drug-likeness (QED) is 0.0473. The molecule has 1 fully saturated rings. The fraction of sp³-hybridized carbons (Fsp3) is 0.315. The Balaban J connectivity index is 0.000000235. The van der Waals surface area contributed by atoms with E-state index >= 15 is 0 Å². The number of hydrogen-bond acceptors (Lipinski definition) is 10. The number of aryl methyl sites for hydroxylation is 2. The topological polar surface area (TPSA) is 160 Å². The summed E-state index contributed by atoms with van der Waals surface area (Å²) in [6.45, 7) is 9.38. The number of pyridine rings is 1. The number of carbonyl (C=O) groups excluding carboxylic acids is 4. The van der Waals surface area contributed by atoms with Crippen LogP contribution in [0.4, 0.5) is 10.1 Å². The molecule has 12 nitrogen and oxygen atoms in total. The number of β-amino-alcohol motifs (C(OH)–C–C–N with tert-alkyl or cyclic N) is 1. The number of para-hydroxylation sites is 1. The molecule has 8 rings (SSSR count). The van der Waals surface area contributed by atoms with Gasteiger partial charge in [-0.05, 0) is 71.3 Å². The van der Waals surface area contributed by atoms with E-state index < -0.39 is 12.3 Å². The summed E-state index contributed by atoms with van der Waals surface area (Å²) >= 11 is 1.64. The summed E-state index contributed by atoms with van der Waals surface area (Å²) in [7, 11) is 1.67. The molecule has 1 saturated heterocycles. The standard InChI is InChI=1S/C32H29N2O4.C12H12N2OS.C10H17FNO2.Na/c1-37-30-19-24(15-14-23(30)11-7-17-38-18-8-16-35)26-20-29(22-9-3-2-4-10-22)34-32-25-12-5-6-13-28(25)33-31(36)21-27(26)32;1-9-12(16-8-14-9)11-4-2-10(3-5-11)6-13-7-15;1-10(2,3)4-9(14)12-5-7(11)8(13)6-12;/h2-6,9-10,12-15,19-20H,7-8,11,17-18,21H2,1H3,(H,33,36);2-5,7-8H,6H2,1H3,(H,13,15);4,7-8,13H,5-6H2,1-3H3;/q-1;;-1;+1. The Morgan fingerprint density at radius 3 is 2.36 bits per heavy atom. The van der Waals surface area contributed by atoms with Crippen LogP contribution in [0.15, 0.2) is 109 Å². The Bertz CT molecular complexity index is 2630. The van der Waals surface area contributed by atoms with E-state index in [2.05, 4.69) is 45.9 Å². The zero-order valence-corrected chi connectivity index (χ0v) is 42.9. The number of aliphatic hydroxyl groups excluding tert-OH is 1. The van der Waals surface area contributed by atoms with Crippen LogP contribution in [0.1, 0.15) is 56.0 Å². The van der Waals surface area contributed by atoms with Gasteiger partial charge >= 0.3 is 29.6 Å². The van der Waals surface area contributed by atoms with E-state index in [0.717, 1.165) is 80.3 Å². The maximum absolute atomic E-state index is 12.9. The molecule has 0 saturated carbocycles. The molecule has 0 bridgehead atoms. The fourth-order valence-corrected chi connectivity index (χ4v) is 8.55. The van der Waals surface area contributed by atoms with E-state index in [1.807, 2.05) is 112 Å². The number of carbonyl (C=O) groups is 3. The number of amides is 3. The molecular weight excluding hydrogens is 905 g/mol. The van der Waals surface area contributed by atoms with Gasteiger partial charge in [-0.25, -0.2) is 14.4 Å². The number of hydrogen-bond donors (Lipinski definition) is 3. The van der Waals surface area contributed by atoms with Gasteiger partial charge in [0, 0.05) is 37.4 Å². The van der Waals surface area contributed by atoms with Gasteiger partial charge in [-0.3, -0.25) is 22.3 Å². The van der Waals surface area contributed by atoms with E-state index in [0.29, 0.717) is 32.6 Å². The first-order chi connectivity index (χ1) is 32.8. The van der Waals surface area contributed by atoms with Crippen molar-refractivity contribution in [3.05, 3.63) is 137 Å². The van der Waals surface area contributed by atoms with E-state index in [-0.39, 0.29) is 66.3 Å². The van der Waals surface area contributed by atoms with Crippen LogP contribution >= 0.6 is 11.3 Å². The number of thiazole rings is 1. The maximum atomic E-state index is 12.9. The first-order valence-corrected chi connectivity index (χ1v) is 23.4. The molecule has 3 amide bonds. The molecule has 3 N–H and O–H groups in total. The predicted octanol–water partition coefficient (Wildman–Crippen LogP) is 6.18. The molecule has 0 radical (unpaired) electrons. The van der Waals surface area contributed by atoms with Crippen molar-refractivity contribution in [2.75, 3.05) is 38.7 Å². The Morgan fingerprint density at radius 2 is 1.71 bits per heavy atom. The van der Waals surface area contributed by atoms with E-state index in [4.69, 9.17) is 19.6 Å². The van der Waals surface area contributed by atoms with Gasteiger partial charge < -0.3 is 39.7 Å². The summed E-state index contributed by atoms with van der Waals surface area (Å²) in [5.74, 6) is 0.521. The number of alkyl halides is 1. The summed E-state index contributed by atoms with van der Waals surface area (Å²) in [4.78, 5) is 56.8. The number of nitrogens with zero attached hydrogens (tertiary/aromatic N) is 3. The number of halogens is 1. The number of fused-ring (bicyclic) bond motifs is 3. The minimum absolute atomic E-state index is 0.